The summed E-state index contributed by atoms with van der Waals surface area (Å²) >= 11 is 0. The molecule has 1 nitrogen and oxygen atoms in total. The number of ketones is 1. The zero-order valence-electron chi connectivity index (χ0n) is 5.55. The van der Waals surface area contributed by atoms with Crippen LogP contribution in [0.3, 0.4) is 0 Å². The molecule has 0 radical (unpaired) electrons. The van der Waals surface area contributed by atoms with Crippen LogP contribution in [-0.4, -0.2) is 5.78 Å². The lowest BCUT2D eigenvalue weighted by molar-refractivity contribution is -0.123. The van der Waals surface area contributed by atoms with Crippen molar-refractivity contribution in [2.75, 3.05) is 0 Å². The fourth-order valence-electron chi connectivity index (χ4n) is 1.85. The number of fused-ring (bicyclic) bond motifs is 2. The molecule has 2 unspecified atom stereocenters. The molecule has 9 heavy (non-hydrogen) atoms. The van der Waals surface area contributed by atoms with Gasteiger partial charge in [-0.05, 0) is 19.3 Å². The maximum atomic E-state index is 11.1. The third-order valence-electron chi connectivity index (χ3n) is 2.51. The average molecular weight is 122 g/mol. The van der Waals surface area contributed by atoms with E-state index in [-0.39, 0.29) is 5.41 Å². The lowest BCUT2D eigenvalue weighted by atomic mass is 9.90. The molecule has 2 atom stereocenters. The number of carbonyl (C=O) groups excluding carboxylic acids is 1. The van der Waals surface area contributed by atoms with Gasteiger partial charge in [0.05, 0.1) is 0 Å². The minimum Gasteiger partial charge on any atom is -0.299 e. The average Bonchev–Trinajstić information content (AvgIpc) is 2.22. The highest BCUT2D eigenvalue weighted by atomic mass is 16.1. The number of allylic oxidation sites excluding steroid dienone is 2. The molecule has 1 saturated carbocycles. The van der Waals surface area contributed by atoms with Crippen molar-refractivity contribution in [2.24, 2.45) is 11.3 Å². The Labute approximate surface area is 54.8 Å². The minimum atomic E-state index is -0.0509. The van der Waals surface area contributed by atoms with Gasteiger partial charge in [0.1, 0.15) is 5.78 Å². The predicted molar refractivity (Wildman–Crippen MR) is 35.0 cm³/mol. The molecule has 0 aromatic rings. The summed E-state index contributed by atoms with van der Waals surface area (Å²) in [7, 11) is 0. The molecular weight excluding hydrogens is 112 g/mol. The molecule has 1 fully saturated rings. The zero-order valence-corrected chi connectivity index (χ0v) is 5.55. The molecule has 0 heterocycles. The van der Waals surface area contributed by atoms with Crippen LogP contribution in [0.4, 0.5) is 0 Å². The number of carbonyl (C=O) groups is 1. The Hall–Kier alpha value is -0.590. The van der Waals surface area contributed by atoms with Crippen molar-refractivity contribution in [1.29, 1.82) is 0 Å². The van der Waals surface area contributed by atoms with Crippen molar-refractivity contribution in [3.8, 4) is 0 Å². The third kappa shape index (κ3) is 0.521. The zero-order chi connectivity index (χ0) is 6.48. The summed E-state index contributed by atoms with van der Waals surface area (Å²) in [4.78, 5) is 11.1. The van der Waals surface area contributed by atoms with Crippen molar-refractivity contribution in [2.45, 2.75) is 19.8 Å². The summed E-state index contributed by atoms with van der Waals surface area (Å²) in [5.74, 6) is 1.03. The van der Waals surface area contributed by atoms with E-state index in [1.165, 1.54) is 0 Å². The SMILES string of the molecule is CC12C=CC(CC1=O)C2. The summed E-state index contributed by atoms with van der Waals surface area (Å²) in [6.07, 6.45) is 6.13. The number of Topliss-reactive ketones (excluding diaryl/α,β-unsaturated/α-hetero) is 1. The summed E-state index contributed by atoms with van der Waals surface area (Å²) in [6.45, 7) is 2.04. The topological polar surface area (TPSA) is 17.1 Å². The largest absolute Gasteiger partial charge is 0.299 e. The van der Waals surface area contributed by atoms with Crippen LogP contribution in [-0.2, 0) is 4.79 Å². The van der Waals surface area contributed by atoms with Crippen molar-refractivity contribution >= 4 is 5.78 Å². The fraction of sp³-hybridized carbons (Fsp3) is 0.625. The van der Waals surface area contributed by atoms with Crippen LogP contribution in [0, 0.1) is 11.3 Å². The second-order valence-electron chi connectivity index (χ2n) is 3.37. The Morgan fingerprint density at radius 1 is 1.78 bits per heavy atom. The van der Waals surface area contributed by atoms with Crippen LogP contribution in [0.15, 0.2) is 12.2 Å². The van der Waals surface area contributed by atoms with E-state index in [2.05, 4.69) is 12.2 Å². The van der Waals surface area contributed by atoms with Gasteiger partial charge in [0, 0.05) is 11.8 Å². The first-order chi connectivity index (χ1) is 4.21. The van der Waals surface area contributed by atoms with Crippen LogP contribution in [0.25, 0.3) is 0 Å². The van der Waals surface area contributed by atoms with Gasteiger partial charge in [-0.25, -0.2) is 0 Å². The highest BCUT2D eigenvalue weighted by Gasteiger charge is 2.43. The van der Waals surface area contributed by atoms with Gasteiger partial charge in [0.25, 0.3) is 0 Å². The maximum absolute atomic E-state index is 11.1. The highest BCUT2D eigenvalue weighted by Crippen LogP contribution is 2.45. The standard InChI is InChI=1S/C8H10O/c1-8-3-2-6(5-8)4-7(8)9/h2-3,6H,4-5H2,1H3. The highest BCUT2D eigenvalue weighted by molar-refractivity contribution is 5.90. The van der Waals surface area contributed by atoms with Gasteiger partial charge in [-0.1, -0.05) is 12.2 Å². The molecule has 2 bridgehead atoms. The van der Waals surface area contributed by atoms with Crippen LogP contribution >= 0.6 is 0 Å². The normalized spacial score (nSPS) is 46.8. The molecule has 0 aliphatic heterocycles. The Kier molecular flexibility index (Phi) is 0.743. The van der Waals surface area contributed by atoms with E-state index in [0.29, 0.717) is 11.7 Å². The first kappa shape index (κ1) is 5.21. The molecule has 0 aromatic heterocycles. The van der Waals surface area contributed by atoms with Crippen LogP contribution in [0.1, 0.15) is 19.8 Å². The lowest BCUT2D eigenvalue weighted by Crippen LogP contribution is -2.17. The summed E-state index contributed by atoms with van der Waals surface area (Å²) < 4.78 is 0. The summed E-state index contributed by atoms with van der Waals surface area (Å²) in [5, 5.41) is 0. The predicted octanol–water partition coefficient (Wildman–Crippen LogP) is 1.54. The smallest absolute Gasteiger partial charge is 0.143 e. The molecule has 0 aromatic carbocycles. The molecule has 2 rings (SSSR count). The van der Waals surface area contributed by atoms with Gasteiger partial charge in [-0.15, -0.1) is 0 Å². The third-order valence-corrected chi connectivity index (χ3v) is 2.51. The molecule has 2 aliphatic rings. The Morgan fingerprint density at radius 2 is 2.56 bits per heavy atom. The fourth-order valence-corrected chi connectivity index (χ4v) is 1.85. The monoisotopic (exact) mass is 122 g/mol. The number of rotatable bonds is 0. The first-order valence-electron chi connectivity index (χ1n) is 3.43. The van der Waals surface area contributed by atoms with Gasteiger partial charge < -0.3 is 0 Å². The van der Waals surface area contributed by atoms with Crippen molar-refractivity contribution in [1.82, 2.24) is 0 Å². The van der Waals surface area contributed by atoms with Gasteiger partial charge in [0.2, 0.25) is 0 Å². The minimum absolute atomic E-state index is 0.0509. The van der Waals surface area contributed by atoms with E-state index >= 15 is 0 Å². The van der Waals surface area contributed by atoms with Crippen molar-refractivity contribution in [3.63, 3.8) is 0 Å². The van der Waals surface area contributed by atoms with Gasteiger partial charge >= 0.3 is 0 Å². The van der Waals surface area contributed by atoms with Crippen LogP contribution < -0.4 is 0 Å². The number of hydrogen-bond acceptors (Lipinski definition) is 1. The Bertz CT molecular complexity index is 193. The Morgan fingerprint density at radius 3 is 2.78 bits per heavy atom. The maximum Gasteiger partial charge on any atom is 0.143 e. The number of hydrogen-bond donors (Lipinski definition) is 0. The van der Waals surface area contributed by atoms with E-state index in [1.807, 2.05) is 6.92 Å². The van der Waals surface area contributed by atoms with Crippen LogP contribution in [0.2, 0.25) is 0 Å². The van der Waals surface area contributed by atoms with E-state index in [0.717, 1.165) is 12.8 Å². The summed E-state index contributed by atoms with van der Waals surface area (Å²) in [5.41, 5.74) is -0.0509. The van der Waals surface area contributed by atoms with E-state index in [9.17, 15) is 4.79 Å². The molecular formula is C8H10O. The van der Waals surface area contributed by atoms with Gasteiger partial charge in [-0.3, -0.25) is 4.79 Å². The van der Waals surface area contributed by atoms with E-state index in [1.54, 1.807) is 0 Å². The molecule has 0 N–H and O–H groups in total. The molecule has 48 valence electrons. The van der Waals surface area contributed by atoms with Crippen molar-refractivity contribution in [3.05, 3.63) is 12.2 Å². The second-order valence-corrected chi connectivity index (χ2v) is 3.37. The quantitative estimate of drug-likeness (QED) is 0.445. The molecule has 1 heteroatoms. The van der Waals surface area contributed by atoms with Crippen LogP contribution in [0.5, 0.6) is 0 Å². The molecule has 0 amide bonds. The molecule has 2 aliphatic carbocycles. The summed E-state index contributed by atoms with van der Waals surface area (Å²) in [6, 6.07) is 0. The molecule has 0 spiro atoms. The van der Waals surface area contributed by atoms with Crippen molar-refractivity contribution < 1.29 is 4.79 Å². The van der Waals surface area contributed by atoms with E-state index in [4.69, 9.17) is 0 Å². The molecule has 0 saturated heterocycles. The van der Waals surface area contributed by atoms with Gasteiger partial charge in [-0.2, -0.15) is 0 Å². The van der Waals surface area contributed by atoms with E-state index < -0.39 is 0 Å². The first-order valence-corrected chi connectivity index (χ1v) is 3.43. The Balaban J connectivity index is 2.44. The van der Waals surface area contributed by atoms with Gasteiger partial charge in [0.15, 0.2) is 0 Å². The second kappa shape index (κ2) is 1.28. The lowest BCUT2D eigenvalue weighted by Gasteiger charge is -2.12.